The molecule has 8 heteroatoms. The third-order valence-electron chi connectivity index (χ3n) is 7.51. The summed E-state index contributed by atoms with van der Waals surface area (Å²) in [7, 11) is 1.62. The number of amides is 1. The summed E-state index contributed by atoms with van der Waals surface area (Å²) in [4.78, 5) is 25.2. The highest BCUT2D eigenvalue weighted by atomic mass is 16.5. The summed E-state index contributed by atoms with van der Waals surface area (Å²) in [5, 5.41) is 15.0. The van der Waals surface area contributed by atoms with E-state index in [2.05, 4.69) is 10.3 Å². The van der Waals surface area contributed by atoms with Crippen molar-refractivity contribution in [2.45, 2.75) is 49.8 Å². The van der Waals surface area contributed by atoms with Crippen LogP contribution in [-0.2, 0) is 11.2 Å². The zero-order chi connectivity index (χ0) is 25.0. The van der Waals surface area contributed by atoms with Crippen LogP contribution < -0.4 is 5.32 Å². The van der Waals surface area contributed by atoms with E-state index in [0.29, 0.717) is 31.6 Å². The van der Waals surface area contributed by atoms with Crippen LogP contribution in [0.3, 0.4) is 0 Å². The van der Waals surface area contributed by atoms with Gasteiger partial charge in [0, 0.05) is 50.6 Å². The van der Waals surface area contributed by atoms with Crippen LogP contribution in [-0.4, -0.2) is 75.4 Å². The number of carbonyl (C=O) groups is 1. The number of nitrogens with zero attached hydrogens (tertiary/aromatic N) is 4. The second-order valence-corrected chi connectivity index (χ2v) is 9.89. The van der Waals surface area contributed by atoms with Crippen LogP contribution in [0.5, 0.6) is 0 Å². The summed E-state index contributed by atoms with van der Waals surface area (Å²) in [6.07, 6.45) is 7.63. The molecule has 1 aliphatic carbocycles. The van der Waals surface area contributed by atoms with Crippen molar-refractivity contribution in [3.05, 3.63) is 72.4 Å². The number of piperazine rings is 1. The summed E-state index contributed by atoms with van der Waals surface area (Å²) in [6, 6.07) is 15.6. The first-order valence-corrected chi connectivity index (χ1v) is 12.9. The summed E-state index contributed by atoms with van der Waals surface area (Å²) in [6.45, 7) is 2.30. The van der Waals surface area contributed by atoms with Crippen LogP contribution in [0.2, 0.25) is 0 Å². The highest BCUT2D eigenvalue weighted by molar-refractivity contribution is 5.98. The molecule has 0 unspecified atom stereocenters. The van der Waals surface area contributed by atoms with Gasteiger partial charge in [-0.2, -0.15) is 0 Å². The largest absolute Gasteiger partial charge is 0.385 e. The number of methoxy groups -OCH3 is 1. The Labute approximate surface area is 212 Å². The van der Waals surface area contributed by atoms with E-state index >= 15 is 0 Å². The van der Waals surface area contributed by atoms with Gasteiger partial charge < -0.3 is 24.6 Å². The lowest BCUT2D eigenvalue weighted by Gasteiger charge is -2.41. The van der Waals surface area contributed by atoms with Crippen molar-refractivity contribution < 1.29 is 14.6 Å². The molecule has 1 saturated carbocycles. The number of aromatic nitrogens is 3. The number of pyridine rings is 1. The Balaban J connectivity index is 1.53. The monoisotopic (exact) mass is 489 g/mol. The molecule has 2 aliphatic rings. The zero-order valence-corrected chi connectivity index (χ0v) is 20.8. The molecule has 36 heavy (non-hydrogen) atoms. The molecule has 2 fully saturated rings. The van der Waals surface area contributed by atoms with E-state index in [1.165, 1.54) is 0 Å². The maximum atomic E-state index is 14.1. The number of nitrogens with one attached hydrogen (secondary N) is 1. The number of benzene rings is 1. The summed E-state index contributed by atoms with van der Waals surface area (Å²) in [5.74, 6) is -0.0823. The van der Waals surface area contributed by atoms with Gasteiger partial charge in [-0.1, -0.05) is 49.2 Å². The lowest BCUT2D eigenvalue weighted by Crippen LogP contribution is -2.54. The van der Waals surface area contributed by atoms with Crippen LogP contribution in [0, 0.1) is 0 Å². The number of ether oxygens (including phenoxy) is 1. The molecule has 2 aromatic heterocycles. The Morgan fingerprint density at radius 1 is 1.17 bits per heavy atom. The van der Waals surface area contributed by atoms with Crippen molar-refractivity contribution in [2.24, 2.45) is 0 Å². The van der Waals surface area contributed by atoms with Gasteiger partial charge in [-0.15, -0.1) is 0 Å². The molecule has 1 aromatic carbocycles. The SMILES string of the molecule is COC[C@]1(O)CCCC[C@H]1n1cnc(C(=O)N2CCNC[C@H]2Cc2ccccn2)c1-c1ccccc1. The van der Waals surface area contributed by atoms with E-state index in [-0.39, 0.29) is 24.6 Å². The van der Waals surface area contributed by atoms with Gasteiger partial charge in [0.15, 0.2) is 5.69 Å². The molecule has 0 radical (unpaired) electrons. The number of hydrogen-bond donors (Lipinski definition) is 2. The first-order chi connectivity index (χ1) is 17.6. The van der Waals surface area contributed by atoms with E-state index in [9.17, 15) is 9.90 Å². The molecular weight excluding hydrogens is 454 g/mol. The Morgan fingerprint density at radius 2 is 2.00 bits per heavy atom. The van der Waals surface area contributed by atoms with Crippen LogP contribution >= 0.6 is 0 Å². The van der Waals surface area contributed by atoms with E-state index < -0.39 is 5.60 Å². The average Bonchev–Trinajstić information content (AvgIpc) is 3.35. The molecule has 0 bridgehead atoms. The Morgan fingerprint density at radius 3 is 2.78 bits per heavy atom. The minimum Gasteiger partial charge on any atom is -0.385 e. The zero-order valence-electron chi connectivity index (χ0n) is 20.8. The number of rotatable bonds is 7. The maximum absolute atomic E-state index is 14.1. The van der Waals surface area contributed by atoms with E-state index in [1.807, 2.05) is 58.0 Å². The van der Waals surface area contributed by atoms with Gasteiger partial charge in [0.1, 0.15) is 5.60 Å². The molecule has 1 saturated heterocycles. The molecule has 190 valence electrons. The molecule has 2 N–H and O–H groups in total. The van der Waals surface area contributed by atoms with Crippen molar-refractivity contribution >= 4 is 5.91 Å². The van der Waals surface area contributed by atoms with Crippen LogP contribution in [0.4, 0.5) is 0 Å². The van der Waals surface area contributed by atoms with Crippen molar-refractivity contribution in [3.8, 4) is 11.3 Å². The molecule has 3 aromatic rings. The van der Waals surface area contributed by atoms with Crippen molar-refractivity contribution in [1.82, 2.24) is 24.8 Å². The summed E-state index contributed by atoms with van der Waals surface area (Å²) >= 11 is 0. The molecule has 1 aliphatic heterocycles. The lowest BCUT2D eigenvalue weighted by atomic mass is 9.80. The predicted molar refractivity (Wildman–Crippen MR) is 138 cm³/mol. The minimum atomic E-state index is -1.01. The van der Waals surface area contributed by atoms with Crippen molar-refractivity contribution in [1.29, 1.82) is 0 Å². The first kappa shape index (κ1) is 24.6. The van der Waals surface area contributed by atoms with Gasteiger partial charge in [-0.25, -0.2) is 4.98 Å². The number of carbonyl (C=O) groups excluding carboxylic acids is 1. The minimum absolute atomic E-state index is 0.0185. The summed E-state index contributed by atoms with van der Waals surface area (Å²) < 4.78 is 7.45. The number of imidazole rings is 1. The Hall–Kier alpha value is -3.07. The third-order valence-corrected chi connectivity index (χ3v) is 7.51. The quantitative estimate of drug-likeness (QED) is 0.530. The van der Waals surface area contributed by atoms with Gasteiger partial charge in [0.2, 0.25) is 0 Å². The second-order valence-electron chi connectivity index (χ2n) is 9.89. The second kappa shape index (κ2) is 10.9. The highest BCUT2D eigenvalue weighted by Crippen LogP contribution is 2.41. The molecule has 1 amide bonds. The molecular formula is C28H35N5O3. The number of aliphatic hydroxyl groups is 1. The number of hydrogen-bond acceptors (Lipinski definition) is 6. The standard InChI is InChI=1S/C28H35N5O3/c1-36-19-28(35)13-7-5-12-24(28)33-20-31-25(26(33)21-9-3-2-4-10-21)27(34)32-16-15-29-18-23(32)17-22-11-6-8-14-30-22/h2-4,6,8-11,14,20,23-24,29,35H,5,7,12-13,15-19H2,1H3/t23-,24-,28-/m1/s1. The predicted octanol–water partition coefficient (Wildman–Crippen LogP) is 3.09. The molecule has 3 atom stereocenters. The van der Waals surface area contributed by atoms with Crippen LogP contribution in [0.1, 0.15) is 47.9 Å². The normalized spacial score (nSPS) is 24.6. The van der Waals surface area contributed by atoms with Gasteiger partial charge in [-0.05, 0) is 25.0 Å². The van der Waals surface area contributed by atoms with Crippen molar-refractivity contribution in [2.75, 3.05) is 33.4 Å². The fourth-order valence-corrected chi connectivity index (χ4v) is 5.76. The molecule has 8 nitrogen and oxygen atoms in total. The van der Waals surface area contributed by atoms with Gasteiger partial charge in [0.05, 0.1) is 30.7 Å². The smallest absolute Gasteiger partial charge is 0.275 e. The van der Waals surface area contributed by atoms with Crippen LogP contribution in [0.25, 0.3) is 11.3 Å². The lowest BCUT2D eigenvalue weighted by molar-refractivity contribution is -0.0893. The Bertz CT molecular complexity index is 1150. The van der Waals surface area contributed by atoms with Gasteiger partial charge in [-0.3, -0.25) is 9.78 Å². The molecule has 0 spiro atoms. The van der Waals surface area contributed by atoms with Gasteiger partial charge >= 0.3 is 0 Å². The first-order valence-electron chi connectivity index (χ1n) is 12.9. The average molecular weight is 490 g/mol. The van der Waals surface area contributed by atoms with E-state index in [1.54, 1.807) is 19.6 Å². The fourth-order valence-electron chi connectivity index (χ4n) is 5.76. The van der Waals surface area contributed by atoms with E-state index in [0.717, 1.165) is 42.8 Å². The topological polar surface area (TPSA) is 92.5 Å². The van der Waals surface area contributed by atoms with Crippen LogP contribution in [0.15, 0.2) is 61.1 Å². The fraction of sp³-hybridized carbons (Fsp3) is 0.464. The Kier molecular flexibility index (Phi) is 7.46. The van der Waals surface area contributed by atoms with Gasteiger partial charge in [0.25, 0.3) is 5.91 Å². The summed E-state index contributed by atoms with van der Waals surface area (Å²) in [5.41, 5.74) is 2.06. The van der Waals surface area contributed by atoms with Crippen molar-refractivity contribution in [3.63, 3.8) is 0 Å². The third kappa shape index (κ3) is 4.93. The maximum Gasteiger partial charge on any atom is 0.275 e. The van der Waals surface area contributed by atoms with E-state index in [4.69, 9.17) is 9.72 Å². The highest BCUT2D eigenvalue weighted by Gasteiger charge is 2.42. The molecule has 5 rings (SSSR count). The molecule has 3 heterocycles.